The third kappa shape index (κ3) is 5.99. The molecule has 2 rings (SSSR count). The van der Waals surface area contributed by atoms with E-state index in [1.54, 1.807) is 20.3 Å². The van der Waals surface area contributed by atoms with Crippen molar-refractivity contribution in [2.45, 2.75) is 19.8 Å². The number of rotatable bonds is 8. The molecule has 0 aliphatic rings. The number of nitrogens with one attached hydrogen (secondary N) is 1. The maximum absolute atomic E-state index is 11.9. The van der Waals surface area contributed by atoms with E-state index in [2.05, 4.69) is 40.3 Å². The molecular weight excluding hydrogens is 412 g/mol. The highest BCUT2D eigenvalue weighted by molar-refractivity contribution is 9.10. The zero-order valence-electron chi connectivity index (χ0n) is 15.8. The molecule has 7 heteroatoms. The Kier molecular flexibility index (Phi) is 7.67. The Morgan fingerprint density at radius 1 is 1.22 bits per heavy atom. The molecule has 0 heterocycles. The van der Waals surface area contributed by atoms with Crippen molar-refractivity contribution in [2.75, 3.05) is 20.8 Å². The molecule has 0 aliphatic heterocycles. The van der Waals surface area contributed by atoms with E-state index in [1.165, 1.54) is 6.21 Å². The summed E-state index contributed by atoms with van der Waals surface area (Å²) in [4.78, 5) is 11.9. The van der Waals surface area contributed by atoms with Gasteiger partial charge in [-0.05, 0) is 57.2 Å². The van der Waals surface area contributed by atoms with Gasteiger partial charge in [-0.25, -0.2) is 5.43 Å². The minimum absolute atomic E-state index is 0.117. The summed E-state index contributed by atoms with van der Waals surface area (Å²) in [6, 6.07) is 11.3. The van der Waals surface area contributed by atoms with Crippen molar-refractivity contribution in [3.05, 3.63) is 52.0 Å². The number of carbonyl (C=O) groups is 1. The number of nitrogens with zero attached hydrogens (tertiary/aromatic N) is 1. The second-order valence-corrected chi connectivity index (χ2v) is 6.90. The van der Waals surface area contributed by atoms with Crippen LogP contribution in [-0.2, 0) is 4.79 Å². The highest BCUT2D eigenvalue weighted by Gasteiger charge is 2.10. The van der Waals surface area contributed by atoms with E-state index in [1.807, 2.05) is 30.3 Å². The Morgan fingerprint density at radius 3 is 2.67 bits per heavy atom. The zero-order valence-corrected chi connectivity index (χ0v) is 17.4. The first-order valence-corrected chi connectivity index (χ1v) is 9.20. The molecule has 1 amide bonds. The van der Waals surface area contributed by atoms with Gasteiger partial charge in [0.05, 0.1) is 24.9 Å². The lowest BCUT2D eigenvalue weighted by Gasteiger charge is -2.10. The highest BCUT2D eigenvalue weighted by atomic mass is 79.9. The van der Waals surface area contributed by atoms with Crippen molar-refractivity contribution in [3.8, 4) is 17.2 Å². The first-order chi connectivity index (χ1) is 12.9. The Bertz CT molecular complexity index is 822. The van der Waals surface area contributed by atoms with Gasteiger partial charge < -0.3 is 14.2 Å². The molecule has 0 aromatic heterocycles. The summed E-state index contributed by atoms with van der Waals surface area (Å²) in [7, 11) is 3.12. The van der Waals surface area contributed by atoms with Gasteiger partial charge in [-0.3, -0.25) is 4.79 Å². The first kappa shape index (κ1) is 20.8. The van der Waals surface area contributed by atoms with Crippen molar-refractivity contribution in [1.82, 2.24) is 5.43 Å². The molecule has 2 aromatic carbocycles. The van der Waals surface area contributed by atoms with Crippen LogP contribution in [0.2, 0.25) is 0 Å². The van der Waals surface area contributed by atoms with Gasteiger partial charge >= 0.3 is 0 Å². The van der Waals surface area contributed by atoms with Crippen molar-refractivity contribution < 1.29 is 19.0 Å². The number of hydrogen-bond acceptors (Lipinski definition) is 5. The van der Waals surface area contributed by atoms with Crippen LogP contribution in [0.15, 0.2) is 46.0 Å². The lowest BCUT2D eigenvalue weighted by Crippen LogP contribution is -2.24. The van der Waals surface area contributed by atoms with E-state index in [0.29, 0.717) is 23.2 Å². The number of amides is 1. The topological polar surface area (TPSA) is 69.2 Å². The smallest absolute Gasteiger partial charge is 0.277 e. The van der Waals surface area contributed by atoms with E-state index in [-0.39, 0.29) is 12.5 Å². The molecule has 0 spiro atoms. The molecule has 0 bridgehead atoms. The molecule has 0 atom stereocenters. The maximum atomic E-state index is 11.9. The largest absolute Gasteiger partial charge is 0.493 e. The quantitative estimate of drug-likeness (QED) is 0.501. The van der Waals surface area contributed by atoms with Crippen LogP contribution in [0, 0.1) is 0 Å². The van der Waals surface area contributed by atoms with Crippen LogP contribution in [-0.4, -0.2) is 32.9 Å². The summed E-state index contributed by atoms with van der Waals surface area (Å²) in [6.45, 7) is 4.09. The number of ether oxygens (including phenoxy) is 3. The highest BCUT2D eigenvalue weighted by Crippen LogP contribution is 2.35. The normalized spacial score (nSPS) is 10.9. The molecule has 1 N–H and O–H groups in total. The third-order valence-electron chi connectivity index (χ3n) is 3.75. The Balaban J connectivity index is 1.92. The van der Waals surface area contributed by atoms with Crippen LogP contribution < -0.4 is 19.6 Å². The van der Waals surface area contributed by atoms with E-state index < -0.39 is 0 Å². The predicted molar refractivity (Wildman–Crippen MR) is 109 cm³/mol. The zero-order chi connectivity index (χ0) is 19.8. The van der Waals surface area contributed by atoms with Crippen molar-refractivity contribution in [3.63, 3.8) is 0 Å². The van der Waals surface area contributed by atoms with Crippen LogP contribution in [0.5, 0.6) is 17.2 Å². The molecule has 2 aromatic rings. The van der Waals surface area contributed by atoms with Gasteiger partial charge in [0.15, 0.2) is 18.1 Å². The summed E-state index contributed by atoms with van der Waals surface area (Å²) in [5.41, 5.74) is 4.34. The molecule has 0 saturated heterocycles. The van der Waals surface area contributed by atoms with Crippen LogP contribution in [0.25, 0.3) is 0 Å². The maximum Gasteiger partial charge on any atom is 0.277 e. The summed E-state index contributed by atoms with van der Waals surface area (Å²) in [5, 5.41) is 3.95. The minimum Gasteiger partial charge on any atom is -0.493 e. The molecule has 0 saturated carbocycles. The van der Waals surface area contributed by atoms with E-state index in [4.69, 9.17) is 14.2 Å². The number of hydrogen-bond donors (Lipinski definition) is 1. The number of halogens is 1. The molecule has 144 valence electrons. The van der Waals surface area contributed by atoms with Crippen molar-refractivity contribution in [2.24, 2.45) is 5.10 Å². The predicted octanol–water partition coefficient (Wildman–Crippen LogP) is 4.12. The van der Waals surface area contributed by atoms with E-state index >= 15 is 0 Å². The van der Waals surface area contributed by atoms with Gasteiger partial charge in [0.1, 0.15) is 5.75 Å². The molecule has 0 fully saturated rings. The fourth-order valence-electron chi connectivity index (χ4n) is 2.34. The van der Waals surface area contributed by atoms with Gasteiger partial charge in [-0.1, -0.05) is 26.0 Å². The molecule has 27 heavy (non-hydrogen) atoms. The number of carbonyl (C=O) groups excluding carboxylic acids is 1. The summed E-state index contributed by atoms with van der Waals surface area (Å²) < 4.78 is 16.8. The Hall–Kier alpha value is -2.54. The molecule has 6 nitrogen and oxygen atoms in total. The molecule has 0 radical (unpaired) electrons. The number of benzene rings is 2. The molecular formula is C20H23BrN2O4. The second kappa shape index (κ2) is 9.97. The SMILES string of the molecule is COc1cc(/C=N/NC(=O)COc2cccc(C(C)C)c2)cc(Br)c1OC. The molecule has 0 unspecified atom stereocenters. The number of hydrazone groups is 1. The summed E-state index contributed by atoms with van der Waals surface area (Å²) in [5.74, 6) is 1.86. The second-order valence-electron chi connectivity index (χ2n) is 6.05. The fraction of sp³-hybridized carbons (Fsp3) is 0.300. The van der Waals surface area contributed by atoms with Gasteiger partial charge in [-0.15, -0.1) is 0 Å². The standard InChI is InChI=1S/C20H23BrN2O4/c1-13(2)15-6-5-7-16(10-15)27-12-19(24)23-22-11-14-8-17(21)20(26-4)18(9-14)25-3/h5-11,13H,12H2,1-4H3,(H,23,24)/b22-11+. The van der Waals surface area contributed by atoms with Crippen LogP contribution in [0.4, 0.5) is 0 Å². The van der Waals surface area contributed by atoms with E-state index in [9.17, 15) is 4.79 Å². The van der Waals surface area contributed by atoms with Gasteiger partial charge in [-0.2, -0.15) is 5.10 Å². The average Bonchev–Trinajstić information content (AvgIpc) is 2.66. The van der Waals surface area contributed by atoms with Crippen LogP contribution >= 0.6 is 15.9 Å². The van der Waals surface area contributed by atoms with Crippen LogP contribution in [0.1, 0.15) is 30.9 Å². The first-order valence-electron chi connectivity index (χ1n) is 8.40. The third-order valence-corrected chi connectivity index (χ3v) is 4.34. The Morgan fingerprint density at radius 2 is 2.00 bits per heavy atom. The van der Waals surface area contributed by atoms with E-state index in [0.717, 1.165) is 15.6 Å². The van der Waals surface area contributed by atoms with Crippen molar-refractivity contribution in [1.29, 1.82) is 0 Å². The Labute approximate surface area is 167 Å². The lowest BCUT2D eigenvalue weighted by molar-refractivity contribution is -0.123. The average molecular weight is 435 g/mol. The van der Waals surface area contributed by atoms with Gasteiger partial charge in [0.25, 0.3) is 5.91 Å². The molecule has 0 aliphatic carbocycles. The lowest BCUT2D eigenvalue weighted by atomic mass is 10.0. The van der Waals surface area contributed by atoms with Gasteiger partial charge in [0, 0.05) is 0 Å². The van der Waals surface area contributed by atoms with Crippen molar-refractivity contribution >= 4 is 28.1 Å². The van der Waals surface area contributed by atoms with Crippen LogP contribution in [0.3, 0.4) is 0 Å². The minimum atomic E-state index is -0.347. The monoisotopic (exact) mass is 434 g/mol. The summed E-state index contributed by atoms with van der Waals surface area (Å²) in [6.07, 6.45) is 1.52. The number of methoxy groups -OCH3 is 2. The van der Waals surface area contributed by atoms with Gasteiger partial charge in [0.2, 0.25) is 0 Å². The summed E-state index contributed by atoms with van der Waals surface area (Å²) >= 11 is 3.41. The fourth-order valence-corrected chi connectivity index (χ4v) is 2.96.